The molecule has 9 nitrogen and oxygen atoms in total. The SMILES string of the molecule is CCCCCC[C@@H](O)C/C=C\CCCCCC(C(=O)c1ccccc1)(C(=O)c1ccccc1)C(C(=O)O)(C(=O)c1ccccc1)C(=O)C(O)CO. The highest BCUT2D eigenvalue weighted by atomic mass is 16.4. The molecule has 9 heteroatoms. The van der Waals surface area contributed by atoms with E-state index in [0.717, 1.165) is 32.1 Å². The largest absolute Gasteiger partial charge is 0.480 e. The Hall–Kier alpha value is -4.57. The number of carbonyl (C=O) groups excluding carboxylic acids is 4. The van der Waals surface area contributed by atoms with Crippen molar-refractivity contribution in [3.63, 3.8) is 0 Å². The molecule has 51 heavy (non-hydrogen) atoms. The van der Waals surface area contributed by atoms with Crippen LogP contribution < -0.4 is 0 Å². The molecule has 272 valence electrons. The molecule has 2 unspecified atom stereocenters. The number of Topliss-reactive ketones (excluding diaryl/α,β-unsaturated/α-hetero) is 4. The van der Waals surface area contributed by atoms with Gasteiger partial charge in [-0.05, 0) is 32.1 Å². The van der Waals surface area contributed by atoms with Crippen LogP contribution in [0.2, 0.25) is 0 Å². The number of ketones is 4. The zero-order valence-electron chi connectivity index (χ0n) is 29.3. The highest BCUT2D eigenvalue weighted by molar-refractivity contribution is 6.37. The topological polar surface area (TPSA) is 166 Å². The van der Waals surface area contributed by atoms with Crippen LogP contribution in [0, 0.1) is 10.8 Å². The predicted molar refractivity (Wildman–Crippen MR) is 195 cm³/mol. The van der Waals surface area contributed by atoms with Crippen LogP contribution in [0.3, 0.4) is 0 Å². The quantitative estimate of drug-likeness (QED) is 0.0339. The molecule has 3 rings (SSSR count). The highest BCUT2D eigenvalue weighted by Crippen LogP contribution is 2.52. The van der Waals surface area contributed by atoms with Gasteiger partial charge in [-0.3, -0.25) is 24.0 Å². The minimum absolute atomic E-state index is 0.0602. The van der Waals surface area contributed by atoms with E-state index in [9.17, 15) is 44.4 Å². The predicted octanol–water partition coefficient (Wildman–Crippen LogP) is 6.84. The van der Waals surface area contributed by atoms with Gasteiger partial charge < -0.3 is 20.4 Å². The Morgan fingerprint density at radius 3 is 1.61 bits per heavy atom. The van der Waals surface area contributed by atoms with Crippen molar-refractivity contribution in [1.29, 1.82) is 0 Å². The fourth-order valence-corrected chi connectivity index (χ4v) is 6.69. The van der Waals surface area contributed by atoms with Gasteiger partial charge >= 0.3 is 5.97 Å². The number of aliphatic hydroxyl groups is 3. The van der Waals surface area contributed by atoms with E-state index in [-0.39, 0.29) is 23.1 Å². The van der Waals surface area contributed by atoms with Gasteiger partial charge in [0.15, 0.2) is 23.1 Å². The first kappa shape index (κ1) is 40.9. The maximum atomic E-state index is 15.0. The Labute approximate surface area is 300 Å². The van der Waals surface area contributed by atoms with Crippen LogP contribution in [0.25, 0.3) is 0 Å². The second-order valence-corrected chi connectivity index (χ2v) is 12.9. The smallest absolute Gasteiger partial charge is 0.326 e. The molecular weight excluding hydrogens is 648 g/mol. The summed E-state index contributed by atoms with van der Waals surface area (Å²) >= 11 is 0. The summed E-state index contributed by atoms with van der Waals surface area (Å²) in [5.74, 6) is -7.21. The summed E-state index contributed by atoms with van der Waals surface area (Å²) in [7, 11) is 0. The van der Waals surface area contributed by atoms with Gasteiger partial charge in [-0.25, -0.2) is 0 Å². The lowest BCUT2D eigenvalue weighted by Crippen LogP contribution is -2.67. The molecular formula is C42H50O9. The van der Waals surface area contributed by atoms with Gasteiger partial charge in [-0.15, -0.1) is 0 Å². The zero-order chi connectivity index (χ0) is 37.3. The third-order valence-electron chi connectivity index (χ3n) is 9.42. The first-order valence-corrected chi connectivity index (χ1v) is 17.8. The molecule has 0 aliphatic heterocycles. The van der Waals surface area contributed by atoms with E-state index in [0.29, 0.717) is 25.7 Å². The van der Waals surface area contributed by atoms with E-state index in [2.05, 4.69) is 6.92 Å². The summed E-state index contributed by atoms with van der Waals surface area (Å²) in [5, 5.41) is 42.2. The molecule has 0 saturated heterocycles. The van der Waals surface area contributed by atoms with E-state index < -0.39 is 65.2 Å². The van der Waals surface area contributed by atoms with E-state index in [1.807, 2.05) is 12.2 Å². The van der Waals surface area contributed by atoms with Crippen molar-refractivity contribution in [2.24, 2.45) is 10.8 Å². The van der Waals surface area contributed by atoms with E-state index in [1.165, 1.54) is 72.8 Å². The van der Waals surface area contributed by atoms with Crippen LogP contribution in [0.15, 0.2) is 103 Å². The Balaban J connectivity index is 2.13. The Bertz CT molecular complexity index is 1550. The summed E-state index contributed by atoms with van der Waals surface area (Å²) in [6.45, 7) is 0.889. The monoisotopic (exact) mass is 698 g/mol. The lowest BCUT2D eigenvalue weighted by molar-refractivity contribution is -0.161. The Kier molecular flexibility index (Phi) is 16.3. The van der Waals surface area contributed by atoms with Gasteiger partial charge in [-0.2, -0.15) is 0 Å². The number of aliphatic hydroxyl groups excluding tert-OH is 3. The lowest BCUT2D eigenvalue weighted by atomic mass is 9.50. The number of rotatable bonds is 24. The highest BCUT2D eigenvalue weighted by Gasteiger charge is 2.73. The van der Waals surface area contributed by atoms with Crippen LogP contribution in [-0.4, -0.2) is 68.3 Å². The molecule has 0 amide bonds. The molecule has 0 saturated carbocycles. The first-order valence-electron chi connectivity index (χ1n) is 17.8. The molecule has 3 aromatic rings. The number of carboxylic acids is 1. The molecule has 0 spiro atoms. The summed E-state index contributed by atoms with van der Waals surface area (Å²) in [6.07, 6.45) is 7.69. The number of carboxylic acid groups (broad SMARTS) is 1. The summed E-state index contributed by atoms with van der Waals surface area (Å²) < 4.78 is 0. The van der Waals surface area contributed by atoms with Crippen LogP contribution in [0.5, 0.6) is 0 Å². The normalized spacial score (nSPS) is 14.0. The number of hydrogen-bond acceptors (Lipinski definition) is 8. The summed E-state index contributed by atoms with van der Waals surface area (Å²) in [6, 6.07) is 21.9. The van der Waals surface area contributed by atoms with E-state index >= 15 is 0 Å². The molecule has 0 radical (unpaired) electrons. The maximum absolute atomic E-state index is 15.0. The maximum Gasteiger partial charge on any atom is 0.326 e. The van der Waals surface area contributed by atoms with Crippen LogP contribution in [0.4, 0.5) is 0 Å². The molecule has 0 bridgehead atoms. The molecule has 0 heterocycles. The minimum atomic E-state index is -3.47. The second-order valence-electron chi connectivity index (χ2n) is 12.9. The van der Waals surface area contributed by atoms with Gasteiger partial charge in [0.2, 0.25) is 5.41 Å². The molecule has 3 aromatic carbocycles. The molecule has 0 fully saturated rings. The fourth-order valence-electron chi connectivity index (χ4n) is 6.69. The number of unbranched alkanes of at least 4 members (excludes halogenated alkanes) is 6. The third kappa shape index (κ3) is 9.61. The van der Waals surface area contributed by atoms with Crippen molar-refractivity contribution in [2.75, 3.05) is 6.61 Å². The molecule has 0 aliphatic carbocycles. The zero-order valence-corrected chi connectivity index (χ0v) is 29.3. The number of hydrogen-bond donors (Lipinski definition) is 4. The number of carbonyl (C=O) groups is 5. The second kappa shape index (κ2) is 20.3. The lowest BCUT2D eigenvalue weighted by Gasteiger charge is -2.44. The van der Waals surface area contributed by atoms with E-state index in [1.54, 1.807) is 18.2 Å². The van der Waals surface area contributed by atoms with E-state index in [4.69, 9.17) is 0 Å². The van der Waals surface area contributed by atoms with Crippen LogP contribution in [-0.2, 0) is 9.59 Å². The fraction of sp³-hybridized carbons (Fsp3) is 0.405. The molecule has 0 aromatic heterocycles. The van der Waals surface area contributed by atoms with Gasteiger partial charge in [0.25, 0.3) is 0 Å². The number of allylic oxidation sites excluding steroid dienone is 1. The standard InChI is InChI=1S/C42H50O9/c1-2-3-4-18-27-34(44)28-19-7-5-6-8-20-29-41(36(46)31-21-12-9-13-22-31,37(47)32-23-14-10-15-24-32)42(40(50)51,39(49)35(45)30-43)38(48)33-25-16-11-17-26-33/h7,9-17,19,21-26,34-35,43-45H,2-6,8,18,20,27-30H2,1H3,(H,50,51)/b19-7-/t34-,35?,42?/m1/s1. The van der Waals surface area contributed by atoms with Gasteiger partial charge in [0.1, 0.15) is 11.5 Å². The Morgan fingerprint density at radius 1 is 0.647 bits per heavy atom. The first-order chi connectivity index (χ1) is 24.6. The van der Waals surface area contributed by atoms with Crippen molar-refractivity contribution >= 4 is 29.1 Å². The van der Waals surface area contributed by atoms with Crippen molar-refractivity contribution in [3.05, 3.63) is 120 Å². The Morgan fingerprint density at radius 2 is 1.14 bits per heavy atom. The third-order valence-corrected chi connectivity index (χ3v) is 9.42. The van der Waals surface area contributed by atoms with Crippen molar-refractivity contribution < 1.29 is 44.4 Å². The molecule has 0 aliphatic rings. The van der Waals surface area contributed by atoms with Crippen molar-refractivity contribution in [2.45, 2.75) is 89.8 Å². The van der Waals surface area contributed by atoms with Gasteiger partial charge in [-0.1, -0.05) is 149 Å². The molecule has 4 N–H and O–H groups in total. The van der Waals surface area contributed by atoms with Crippen molar-refractivity contribution in [1.82, 2.24) is 0 Å². The average Bonchev–Trinajstić information content (AvgIpc) is 3.16. The minimum Gasteiger partial charge on any atom is -0.480 e. The van der Waals surface area contributed by atoms with Crippen LogP contribution in [0.1, 0.15) is 109 Å². The molecule has 3 atom stereocenters. The van der Waals surface area contributed by atoms with Crippen molar-refractivity contribution in [3.8, 4) is 0 Å². The number of aliphatic carboxylic acids is 1. The summed E-state index contributed by atoms with van der Waals surface area (Å²) in [4.78, 5) is 72.9. The average molecular weight is 699 g/mol. The van der Waals surface area contributed by atoms with Crippen LogP contribution >= 0.6 is 0 Å². The summed E-state index contributed by atoms with van der Waals surface area (Å²) in [5.41, 5.74) is -6.81. The van der Waals surface area contributed by atoms with Gasteiger partial charge in [0, 0.05) is 16.7 Å². The van der Waals surface area contributed by atoms with Gasteiger partial charge in [0.05, 0.1) is 12.7 Å². The number of benzene rings is 3.